The maximum atomic E-state index is 11.9. The van der Waals surface area contributed by atoms with E-state index >= 15 is 0 Å². The van der Waals surface area contributed by atoms with Crippen molar-refractivity contribution in [3.63, 3.8) is 0 Å². The van der Waals surface area contributed by atoms with Gasteiger partial charge in [0.15, 0.2) is 0 Å². The van der Waals surface area contributed by atoms with Crippen LogP contribution in [0.3, 0.4) is 0 Å². The van der Waals surface area contributed by atoms with Gasteiger partial charge in [-0.1, -0.05) is 38.6 Å². The van der Waals surface area contributed by atoms with E-state index in [0.29, 0.717) is 0 Å². The summed E-state index contributed by atoms with van der Waals surface area (Å²) in [5.41, 5.74) is 2.01. The molecule has 1 unspecified atom stereocenters. The molecule has 0 saturated carbocycles. The van der Waals surface area contributed by atoms with E-state index in [9.17, 15) is 4.79 Å². The van der Waals surface area contributed by atoms with E-state index in [-0.39, 0.29) is 15.8 Å². The molecule has 2 heterocycles. The summed E-state index contributed by atoms with van der Waals surface area (Å²) in [6.45, 7) is 6.23. The average Bonchev–Trinajstić information content (AvgIpc) is 2.61. The Morgan fingerprint density at radius 1 is 1.25 bits per heavy atom. The number of rotatable bonds is 1. The van der Waals surface area contributed by atoms with Crippen molar-refractivity contribution in [1.82, 2.24) is 4.98 Å². The summed E-state index contributed by atoms with van der Waals surface area (Å²) >= 11 is 1.39. The van der Waals surface area contributed by atoms with Crippen molar-refractivity contribution < 1.29 is 4.79 Å². The van der Waals surface area contributed by atoms with Crippen LogP contribution in [0.25, 0.3) is 0 Å². The summed E-state index contributed by atoms with van der Waals surface area (Å²) in [6, 6.07) is 3.93. The lowest BCUT2D eigenvalue weighted by Crippen LogP contribution is -2.12. The van der Waals surface area contributed by atoms with Gasteiger partial charge in [0.05, 0.1) is 5.25 Å². The minimum atomic E-state index is -0.0636. The Hall–Kier alpha value is -1.09. The Morgan fingerprint density at radius 2 is 1.88 bits per heavy atom. The van der Waals surface area contributed by atoms with Crippen molar-refractivity contribution >= 4 is 16.9 Å². The second-order valence-corrected chi connectivity index (χ2v) is 6.05. The van der Waals surface area contributed by atoms with Gasteiger partial charge in [-0.3, -0.25) is 9.78 Å². The summed E-state index contributed by atoms with van der Waals surface area (Å²) in [5, 5.41) is 0.360. The van der Waals surface area contributed by atoms with E-state index in [0.717, 1.165) is 11.1 Å². The first-order valence-corrected chi connectivity index (χ1v) is 6.19. The largest absolute Gasteiger partial charge is 0.282 e. The van der Waals surface area contributed by atoms with Gasteiger partial charge in [0.1, 0.15) is 0 Å². The zero-order chi connectivity index (χ0) is 11.8. The Morgan fingerprint density at radius 3 is 2.38 bits per heavy atom. The van der Waals surface area contributed by atoms with Crippen LogP contribution in [0.1, 0.15) is 31.6 Å². The molecule has 0 radical (unpaired) electrons. The van der Waals surface area contributed by atoms with Crippen LogP contribution in [0, 0.1) is 5.41 Å². The number of aromatic nitrogens is 1. The van der Waals surface area contributed by atoms with Gasteiger partial charge in [-0.25, -0.2) is 0 Å². The molecular weight excluding hydrogens is 218 g/mol. The third-order valence-corrected chi connectivity index (χ3v) is 3.71. The molecule has 0 saturated heterocycles. The fourth-order valence-electron chi connectivity index (χ4n) is 1.71. The van der Waals surface area contributed by atoms with Crippen LogP contribution in [0.2, 0.25) is 0 Å². The second kappa shape index (κ2) is 4.06. The van der Waals surface area contributed by atoms with Crippen LogP contribution in [0.5, 0.6) is 0 Å². The van der Waals surface area contributed by atoms with Crippen LogP contribution >= 0.6 is 11.8 Å². The van der Waals surface area contributed by atoms with E-state index in [1.54, 1.807) is 12.4 Å². The van der Waals surface area contributed by atoms with Crippen molar-refractivity contribution in [2.75, 3.05) is 0 Å². The molecule has 3 heteroatoms. The van der Waals surface area contributed by atoms with Crippen molar-refractivity contribution in [2.24, 2.45) is 5.41 Å². The van der Waals surface area contributed by atoms with Crippen LogP contribution in [0.4, 0.5) is 0 Å². The zero-order valence-electron chi connectivity index (χ0n) is 9.73. The number of thioether (sulfide) groups is 1. The van der Waals surface area contributed by atoms with Crippen molar-refractivity contribution in [1.29, 1.82) is 0 Å². The number of pyridine rings is 1. The summed E-state index contributed by atoms with van der Waals surface area (Å²) in [4.78, 5) is 15.9. The van der Waals surface area contributed by atoms with Gasteiger partial charge in [0.25, 0.3) is 0 Å². The Balaban J connectivity index is 2.30. The Labute approximate surface area is 100 Å². The number of carbonyl (C=O) groups is 1. The first-order valence-electron chi connectivity index (χ1n) is 5.32. The Bertz CT molecular complexity index is 431. The molecule has 0 fully saturated rings. The molecule has 0 aromatic carbocycles. The quantitative estimate of drug-likeness (QED) is 0.745. The van der Waals surface area contributed by atoms with Crippen molar-refractivity contribution in [2.45, 2.75) is 26.0 Å². The van der Waals surface area contributed by atoms with Gasteiger partial charge in [0.2, 0.25) is 5.12 Å². The number of hydrogen-bond donors (Lipinski definition) is 0. The van der Waals surface area contributed by atoms with Crippen molar-refractivity contribution in [3.05, 3.63) is 41.7 Å². The molecule has 1 aromatic rings. The molecule has 1 atom stereocenters. The monoisotopic (exact) mass is 233 g/mol. The van der Waals surface area contributed by atoms with E-state index in [4.69, 9.17) is 0 Å². The molecule has 2 nitrogen and oxygen atoms in total. The summed E-state index contributed by atoms with van der Waals surface area (Å²) in [7, 11) is 0. The standard InChI is InChI=1S/C13H15NOS/c1-13(2,3)10-8-11(16-12(10)15)9-4-6-14-7-5-9/h4-8,11H,1-3H3. The molecule has 0 spiro atoms. The molecule has 1 aromatic heterocycles. The summed E-state index contributed by atoms with van der Waals surface area (Å²) < 4.78 is 0. The van der Waals surface area contributed by atoms with Crippen molar-refractivity contribution in [3.8, 4) is 0 Å². The third-order valence-electron chi connectivity index (χ3n) is 2.61. The molecule has 0 amide bonds. The lowest BCUT2D eigenvalue weighted by atomic mass is 9.86. The molecule has 84 valence electrons. The van der Waals surface area contributed by atoms with Gasteiger partial charge in [-0.15, -0.1) is 0 Å². The smallest absolute Gasteiger partial charge is 0.216 e. The summed E-state index contributed by atoms with van der Waals surface area (Å²) in [6.07, 6.45) is 5.62. The molecule has 16 heavy (non-hydrogen) atoms. The minimum absolute atomic E-state index is 0.0636. The molecule has 0 N–H and O–H groups in total. The molecule has 0 aliphatic carbocycles. The third kappa shape index (κ3) is 2.19. The van der Waals surface area contributed by atoms with Crippen LogP contribution < -0.4 is 0 Å². The highest BCUT2D eigenvalue weighted by atomic mass is 32.2. The van der Waals surface area contributed by atoms with E-state index in [1.165, 1.54) is 11.8 Å². The van der Waals surface area contributed by atoms with Gasteiger partial charge < -0.3 is 0 Å². The van der Waals surface area contributed by atoms with E-state index < -0.39 is 0 Å². The maximum Gasteiger partial charge on any atom is 0.216 e. The van der Waals surface area contributed by atoms with Gasteiger partial charge in [-0.2, -0.15) is 0 Å². The highest BCUT2D eigenvalue weighted by molar-refractivity contribution is 8.14. The average molecular weight is 233 g/mol. The fourth-order valence-corrected chi connectivity index (χ4v) is 2.93. The predicted molar refractivity (Wildman–Crippen MR) is 67.1 cm³/mol. The van der Waals surface area contributed by atoms with Gasteiger partial charge in [-0.05, 0) is 23.1 Å². The van der Waals surface area contributed by atoms with Crippen LogP contribution in [-0.4, -0.2) is 10.1 Å². The van der Waals surface area contributed by atoms with E-state index in [1.807, 2.05) is 12.1 Å². The topological polar surface area (TPSA) is 30.0 Å². The second-order valence-electron chi connectivity index (χ2n) is 4.94. The lowest BCUT2D eigenvalue weighted by Gasteiger charge is -2.17. The van der Waals surface area contributed by atoms with Gasteiger partial charge >= 0.3 is 0 Å². The maximum absolute atomic E-state index is 11.9. The Kier molecular flexibility index (Phi) is 2.89. The predicted octanol–water partition coefficient (Wildman–Crippen LogP) is 3.37. The minimum Gasteiger partial charge on any atom is -0.282 e. The molecule has 2 rings (SSSR count). The first kappa shape index (κ1) is 11.4. The highest BCUT2D eigenvalue weighted by Gasteiger charge is 2.32. The lowest BCUT2D eigenvalue weighted by molar-refractivity contribution is -0.108. The first-order chi connectivity index (χ1) is 7.48. The van der Waals surface area contributed by atoms with Crippen LogP contribution in [0.15, 0.2) is 36.2 Å². The molecular formula is C13H15NOS. The fraction of sp³-hybridized carbons (Fsp3) is 0.385. The van der Waals surface area contributed by atoms with E-state index in [2.05, 4.69) is 31.8 Å². The zero-order valence-corrected chi connectivity index (χ0v) is 10.5. The molecule has 0 bridgehead atoms. The SMILES string of the molecule is CC(C)(C)C1=CC(c2ccncc2)SC1=O. The molecule has 1 aliphatic heterocycles. The molecule has 1 aliphatic rings. The van der Waals surface area contributed by atoms with Crippen LogP contribution in [-0.2, 0) is 4.79 Å². The number of nitrogens with zero attached hydrogens (tertiary/aromatic N) is 1. The number of carbonyl (C=O) groups excluding carboxylic acids is 1. The summed E-state index contributed by atoms with van der Waals surface area (Å²) in [5.74, 6) is 0. The normalized spacial score (nSPS) is 21.1. The number of hydrogen-bond acceptors (Lipinski definition) is 3. The van der Waals surface area contributed by atoms with Gasteiger partial charge in [0, 0.05) is 18.0 Å². The highest BCUT2D eigenvalue weighted by Crippen LogP contribution is 2.44.